The van der Waals surface area contributed by atoms with Crippen molar-refractivity contribution in [1.82, 2.24) is 15.0 Å². The van der Waals surface area contributed by atoms with E-state index in [0.717, 1.165) is 24.6 Å². The monoisotopic (exact) mass is 379 g/mol. The summed E-state index contributed by atoms with van der Waals surface area (Å²) < 4.78 is 62.3. The molecule has 1 aromatic carbocycles. The first-order valence-corrected chi connectivity index (χ1v) is 9.21. The molecule has 26 heavy (non-hydrogen) atoms. The van der Waals surface area contributed by atoms with Gasteiger partial charge in [0.05, 0.1) is 17.5 Å². The molecule has 0 saturated heterocycles. The molecule has 0 atom stereocenters. The summed E-state index contributed by atoms with van der Waals surface area (Å²) in [4.78, 5) is 12.2. The third kappa shape index (κ3) is 3.72. The van der Waals surface area contributed by atoms with Gasteiger partial charge in [-0.3, -0.25) is 4.98 Å². The van der Waals surface area contributed by atoms with Gasteiger partial charge in [0.15, 0.2) is 15.7 Å². The maximum atomic E-state index is 12.7. The molecule has 0 fully saturated rings. The third-order valence-electron chi connectivity index (χ3n) is 3.53. The average molecular weight is 379 g/mol. The number of benzene rings is 1. The maximum absolute atomic E-state index is 12.7. The molecule has 0 aliphatic heterocycles. The van der Waals surface area contributed by atoms with Gasteiger partial charge < -0.3 is 0 Å². The predicted molar refractivity (Wildman–Crippen MR) is 88.8 cm³/mol. The number of halogens is 3. The summed E-state index contributed by atoms with van der Waals surface area (Å²) in [6.07, 6.45) is -0.830. The quantitative estimate of drug-likeness (QED) is 0.695. The van der Waals surface area contributed by atoms with E-state index in [1.54, 1.807) is 18.2 Å². The summed E-state index contributed by atoms with van der Waals surface area (Å²) in [5.74, 6) is 0.174. The van der Waals surface area contributed by atoms with Crippen LogP contribution in [0.25, 0.3) is 22.8 Å². The number of pyridine rings is 1. The van der Waals surface area contributed by atoms with Gasteiger partial charge in [0.25, 0.3) is 0 Å². The Morgan fingerprint density at radius 2 is 1.65 bits per heavy atom. The molecule has 0 N–H and O–H groups in total. The van der Waals surface area contributed by atoms with Crippen molar-refractivity contribution in [3.63, 3.8) is 0 Å². The Hall–Kier alpha value is -2.81. The van der Waals surface area contributed by atoms with E-state index in [1.165, 1.54) is 18.3 Å². The van der Waals surface area contributed by atoms with Gasteiger partial charge in [-0.05, 0) is 24.3 Å². The van der Waals surface area contributed by atoms with Crippen molar-refractivity contribution < 1.29 is 21.6 Å². The fourth-order valence-corrected chi connectivity index (χ4v) is 3.04. The fraction of sp³-hybridized carbons (Fsp3) is 0.118. The van der Waals surface area contributed by atoms with Crippen molar-refractivity contribution in [2.24, 2.45) is 0 Å². The Bertz CT molecular complexity index is 1040. The first-order chi connectivity index (χ1) is 12.2. The standard InChI is InChI=1S/C17H12F3N3O2S/c1-26(24,25)14-10-22-16(13-4-2-3-9-21-13)23-15(14)11-5-7-12(8-6-11)17(18,19)20/h2-10H,1H3. The van der Waals surface area contributed by atoms with Crippen molar-refractivity contribution in [1.29, 1.82) is 0 Å². The van der Waals surface area contributed by atoms with Crippen molar-refractivity contribution in [2.75, 3.05) is 6.26 Å². The number of alkyl halides is 3. The molecule has 0 amide bonds. The number of nitrogens with zero attached hydrogens (tertiary/aromatic N) is 3. The van der Waals surface area contributed by atoms with Gasteiger partial charge in [0, 0.05) is 18.0 Å². The van der Waals surface area contributed by atoms with Gasteiger partial charge in [-0.2, -0.15) is 13.2 Å². The van der Waals surface area contributed by atoms with Crippen molar-refractivity contribution in [3.8, 4) is 22.8 Å². The molecule has 0 saturated carbocycles. The highest BCUT2D eigenvalue weighted by atomic mass is 32.2. The Morgan fingerprint density at radius 1 is 0.962 bits per heavy atom. The van der Waals surface area contributed by atoms with Crippen LogP contribution in [0.4, 0.5) is 13.2 Å². The summed E-state index contributed by atoms with van der Waals surface area (Å²) in [5, 5.41) is 0. The normalized spacial score (nSPS) is 12.2. The van der Waals surface area contributed by atoms with Crippen LogP contribution in [0.1, 0.15) is 5.56 Å². The van der Waals surface area contributed by atoms with Crippen molar-refractivity contribution in [3.05, 3.63) is 60.4 Å². The van der Waals surface area contributed by atoms with E-state index in [1.807, 2.05) is 0 Å². The lowest BCUT2D eigenvalue weighted by molar-refractivity contribution is -0.137. The highest BCUT2D eigenvalue weighted by Gasteiger charge is 2.30. The SMILES string of the molecule is CS(=O)(=O)c1cnc(-c2ccccn2)nc1-c1ccc(C(F)(F)F)cc1. The second-order valence-electron chi connectivity index (χ2n) is 5.47. The zero-order valence-corrected chi connectivity index (χ0v) is 14.2. The van der Waals surface area contributed by atoms with Crippen LogP contribution in [0.3, 0.4) is 0 Å². The molecule has 3 rings (SSSR count). The first kappa shape index (κ1) is 18.0. The van der Waals surface area contributed by atoms with E-state index in [0.29, 0.717) is 5.69 Å². The van der Waals surface area contributed by atoms with Gasteiger partial charge >= 0.3 is 6.18 Å². The number of hydrogen-bond donors (Lipinski definition) is 0. The molecular formula is C17H12F3N3O2S. The molecule has 0 aliphatic carbocycles. The predicted octanol–water partition coefficient (Wildman–Crippen LogP) is 3.63. The highest BCUT2D eigenvalue weighted by Crippen LogP contribution is 2.32. The second-order valence-corrected chi connectivity index (χ2v) is 7.45. The Balaban J connectivity index is 2.17. The molecule has 9 heteroatoms. The van der Waals surface area contributed by atoms with Gasteiger partial charge in [-0.25, -0.2) is 18.4 Å². The molecule has 0 bridgehead atoms. The smallest absolute Gasteiger partial charge is 0.253 e. The molecule has 2 aromatic heterocycles. The van der Waals surface area contributed by atoms with Crippen molar-refractivity contribution >= 4 is 9.84 Å². The van der Waals surface area contributed by atoms with Gasteiger partial charge in [0.1, 0.15) is 10.6 Å². The van der Waals surface area contributed by atoms with E-state index >= 15 is 0 Å². The molecule has 0 unspecified atom stereocenters. The lowest BCUT2D eigenvalue weighted by Crippen LogP contribution is -2.06. The number of rotatable bonds is 3. The van der Waals surface area contributed by atoms with Crippen LogP contribution >= 0.6 is 0 Å². The van der Waals surface area contributed by atoms with Crippen molar-refractivity contribution in [2.45, 2.75) is 11.1 Å². The molecule has 134 valence electrons. The fourth-order valence-electron chi connectivity index (χ4n) is 2.28. The Kier molecular flexibility index (Phi) is 4.49. The summed E-state index contributed by atoms with van der Waals surface area (Å²) in [6.45, 7) is 0. The lowest BCUT2D eigenvalue weighted by Gasteiger charge is -2.11. The summed E-state index contributed by atoms with van der Waals surface area (Å²) in [7, 11) is -3.69. The largest absolute Gasteiger partial charge is 0.416 e. The van der Waals surface area contributed by atoms with E-state index in [-0.39, 0.29) is 22.0 Å². The van der Waals surface area contributed by atoms with Crippen LogP contribution in [0.5, 0.6) is 0 Å². The van der Waals surface area contributed by atoms with Crippen LogP contribution in [0, 0.1) is 0 Å². The van der Waals surface area contributed by atoms with Crippen LogP contribution in [-0.4, -0.2) is 29.6 Å². The molecule has 5 nitrogen and oxygen atoms in total. The van der Waals surface area contributed by atoms with Gasteiger partial charge in [-0.1, -0.05) is 18.2 Å². The summed E-state index contributed by atoms with van der Waals surface area (Å²) in [6, 6.07) is 9.18. The maximum Gasteiger partial charge on any atom is 0.416 e. The first-order valence-electron chi connectivity index (χ1n) is 7.32. The molecule has 2 heterocycles. The number of sulfone groups is 1. The third-order valence-corrected chi connectivity index (χ3v) is 4.63. The van der Waals surface area contributed by atoms with E-state index in [9.17, 15) is 21.6 Å². The van der Waals surface area contributed by atoms with Gasteiger partial charge in [-0.15, -0.1) is 0 Å². The van der Waals surface area contributed by atoms with Crippen LogP contribution in [0.2, 0.25) is 0 Å². The van der Waals surface area contributed by atoms with Crippen LogP contribution < -0.4 is 0 Å². The zero-order valence-electron chi connectivity index (χ0n) is 13.4. The Morgan fingerprint density at radius 3 is 2.19 bits per heavy atom. The van der Waals surface area contributed by atoms with Crippen LogP contribution in [-0.2, 0) is 16.0 Å². The van der Waals surface area contributed by atoms with Gasteiger partial charge in [0.2, 0.25) is 0 Å². The average Bonchev–Trinajstić information content (AvgIpc) is 2.60. The molecule has 3 aromatic rings. The van der Waals surface area contributed by atoms with E-state index in [4.69, 9.17) is 0 Å². The van der Waals surface area contributed by atoms with E-state index < -0.39 is 21.6 Å². The Labute approximate surface area is 147 Å². The minimum atomic E-state index is -4.48. The minimum absolute atomic E-state index is 0.0249. The number of aromatic nitrogens is 3. The van der Waals surface area contributed by atoms with Crippen LogP contribution in [0.15, 0.2) is 59.8 Å². The summed E-state index contributed by atoms with van der Waals surface area (Å²) in [5.41, 5.74) is -0.156. The molecule has 0 aliphatic rings. The molecule has 0 radical (unpaired) electrons. The molecule has 0 spiro atoms. The second kappa shape index (κ2) is 6.49. The molecular weight excluding hydrogens is 367 g/mol. The topological polar surface area (TPSA) is 72.8 Å². The van der Waals surface area contributed by atoms with E-state index in [2.05, 4.69) is 15.0 Å². The minimum Gasteiger partial charge on any atom is -0.253 e. The zero-order chi connectivity index (χ0) is 18.9. The lowest BCUT2D eigenvalue weighted by atomic mass is 10.1. The summed E-state index contributed by atoms with van der Waals surface area (Å²) >= 11 is 0. The number of hydrogen-bond acceptors (Lipinski definition) is 5. The highest BCUT2D eigenvalue weighted by molar-refractivity contribution is 7.90.